The molecule has 1 aliphatic rings. The van der Waals surface area contributed by atoms with Crippen molar-refractivity contribution in [2.75, 3.05) is 13.1 Å². The monoisotopic (exact) mass is 239 g/mol. The van der Waals surface area contributed by atoms with Crippen LogP contribution in [0.5, 0.6) is 0 Å². The average Bonchev–Trinajstić information content (AvgIpc) is 2.22. The van der Waals surface area contributed by atoms with E-state index >= 15 is 0 Å². The minimum atomic E-state index is -0.134. The van der Waals surface area contributed by atoms with Gasteiger partial charge in [-0.3, -0.25) is 4.90 Å². The minimum absolute atomic E-state index is 0.134. The van der Waals surface area contributed by atoms with Crippen LogP contribution in [0.3, 0.4) is 0 Å². The molecule has 0 unspecified atom stereocenters. The number of piperidine rings is 1. The van der Waals surface area contributed by atoms with Gasteiger partial charge in [-0.15, -0.1) is 12.6 Å². The third-order valence-electron chi connectivity index (χ3n) is 3.17. The van der Waals surface area contributed by atoms with Crippen LogP contribution in [0.25, 0.3) is 0 Å². The molecule has 1 saturated heterocycles. The van der Waals surface area contributed by atoms with E-state index < -0.39 is 0 Å². The second-order valence-electron chi connectivity index (χ2n) is 4.76. The van der Waals surface area contributed by atoms with Gasteiger partial charge in [0, 0.05) is 23.5 Å². The van der Waals surface area contributed by atoms with Gasteiger partial charge in [0.2, 0.25) is 0 Å². The Labute approximate surface area is 102 Å². The Bertz CT molecular complexity index is 367. The fourth-order valence-electron chi connectivity index (χ4n) is 2.34. The van der Waals surface area contributed by atoms with Crippen LogP contribution in [0.1, 0.15) is 25.3 Å². The van der Waals surface area contributed by atoms with Crippen LogP contribution >= 0.6 is 12.6 Å². The molecule has 1 nitrogen and oxygen atoms in total. The summed E-state index contributed by atoms with van der Waals surface area (Å²) < 4.78 is 13.6. The SMILES string of the molecule is C[C@H]1CCCN(Cc2ccc(S)cc2F)C1. The van der Waals surface area contributed by atoms with Gasteiger partial charge in [-0.1, -0.05) is 13.0 Å². The van der Waals surface area contributed by atoms with Gasteiger partial charge in [0.05, 0.1) is 0 Å². The third-order valence-corrected chi connectivity index (χ3v) is 3.45. The van der Waals surface area contributed by atoms with E-state index in [0.717, 1.165) is 31.1 Å². The molecule has 0 amide bonds. The molecule has 16 heavy (non-hydrogen) atoms. The van der Waals surface area contributed by atoms with E-state index in [9.17, 15) is 4.39 Å². The number of nitrogens with zero attached hydrogens (tertiary/aromatic N) is 1. The number of likely N-dealkylation sites (tertiary alicyclic amines) is 1. The van der Waals surface area contributed by atoms with Crippen LogP contribution in [0, 0.1) is 11.7 Å². The van der Waals surface area contributed by atoms with Crippen molar-refractivity contribution in [3.63, 3.8) is 0 Å². The van der Waals surface area contributed by atoms with Gasteiger partial charge in [-0.05, 0) is 37.4 Å². The van der Waals surface area contributed by atoms with Crippen molar-refractivity contribution in [1.29, 1.82) is 0 Å². The Morgan fingerprint density at radius 2 is 2.31 bits per heavy atom. The van der Waals surface area contributed by atoms with Crippen LogP contribution in [0.2, 0.25) is 0 Å². The maximum absolute atomic E-state index is 13.6. The molecule has 0 aliphatic carbocycles. The molecule has 3 heteroatoms. The van der Waals surface area contributed by atoms with Crippen LogP contribution in [0.4, 0.5) is 4.39 Å². The minimum Gasteiger partial charge on any atom is -0.299 e. The van der Waals surface area contributed by atoms with Gasteiger partial charge in [0.1, 0.15) is 5.82 Å². The van der Waals surface area contributed by atoms with Crippen molar-refractivity contribution in [3.05, 3.63) is 29.6 Å². The van der Waals surface area contributed by atoms with Crippen LogP contribution in [0.15, 0.2) is 23.1 Å². The summed E-state index contributed by atoms with van der Waals surface area (Å²) in [5.41, 5.74) is 0.784. The zero-order valence-corrected chi connectivity index (χ0v) is 10.5. The van der Waals surface area contributed by atoms with E-state index in [4.69, 9.17) is 0 Å². The first kappa shape index (κ1) is 11.9. The fraction of sp³-hybridized carbons (Fsp3) is 0.538. The summed E-state index contributed by atoms with van der Waals surface area (Å²) in [5, 5.41) is 0. The average molecular weight is 239 g/mol. The maximum Gasteiger partial charge on any atom is 0.128 e. The molecule has 1 aromatic rings. The molecule has 1 aliphatic heterocycles. The Morgan fingerprint density at radius 3 is 3.00 bits per heavy atom. The number of hydrogen-bond donors (Lipinski definition) is 1. The lowest BCUT2D eigenvalue weighted by Gasteiger charge is -2.30. The molecule has 0 bridgehead atoms. The first-order chi connectivity index (χ1) is 7.65. The number of rotatable bonds is 2. The highest BCUT2D eigenvalue weighted by atomic mass is 32.1. The van der Waals surface area contributed by atoms with Crippen molar-refractivity contribution in [2.24, 2.45) is 5.92 Å². The smallest absolute Gasteiger partial charge is 0.128 e. The molecule has 1 fully saturated rings. The van der Waals surface area contributed by atoms with Gasteiger partial charge >= 0.3 is 0 Å². The molecule has 1 heterocycles. The zero-order chi connectivity index (χ0) is 11.5. The Kier molecular flexibility index (Phi) is 3.87. The van der Waals surface area contributed by atoms with Gasteiger partial charge in [-0.2, -0.15) is 0 Å². The van der Waals surface area contributed by atoms with Gasteiger partial charge in [-0.25, -0.2) is 4.39 Å². The summed E-state index contributed by atoms with van der Waals surface area (Å²) in [6.45, 7) is 5.16. The summed E-state index contributed by atoms with van der Waals surface area (Å²) in [4.78, 5) is 3.03. The first-order valence-electron chi connectivity index (χ1n) is 5.85. The predicted octanol–water partition coefficient (Wildman–Crippen LogP) is 3.35. The molecule has 0 radical (unpaired) electrons. The molecule has 1 aromatic carbocycles. The molecule has 0 N–H and O–H groups in total. The molecule has 2 rings (SSSR count). The quantitative estimate of drug-likeness (QED) is 0.775. The lowest BCUT2D eigenvalue weighted by Crippen LogP contribution is -2.33. The summed E-state index contributed by atoms with van der Waals surface area (Å²) in [5.74, 6) is 0.603. The van der Waals surface area contributed by atoms with E-state index in [-0.39, 0.29) is 5.82 Å². The molecule has 0 aromatic heterocycles. The van der Waals surface area contributed by atoms with Crippen LogP contribution in [-0.2, 0) is 6.54 Å². The van der Waals surface area contributed by atoms with Gasteiger partial charge < -0.3 is 0 Å². The molecular formula is C13H18FNS. The van der Waals surface area contributed by atoms with Gasteiger partial charge in [0.25, 0.3) is 0 Å². The summed E-state index contributed by atoms with van der Waals surface area (Å²) in [7, 11) is 0. The topological polar surface area (TPSA) is 3.24 Å². The number of benzene rings is 1. The Morgan fingerprint density at radius 1 is 1.50 bits per heavy atom. The lowest BCUT2D eigenvalue weighted by molar-refractivity contribution is 0.175. The van der Waals surface area contributed by atoms with Crippen LogP contribution in [-0.4, -0.2) is 18.0 Å². The second-order valence-corrected chi connectivity index (χ2v) is 5.27. The van der Waals surface area contributed by atoms with Crippen molar-refractivity contribution < 1.29 is 4.39 Å². The number of thiol groups is 1. The third kappa shape index (κ3) is 2.98. The highest BCUT2D eigenvalue weighted by molar-refractivity contribution is 7.80. The van der Waals surface area contributed by atoms with Gasteiger partial charge in [0.15, 0.2) is 0 Å². The van der Waals surface area contributed by atoms with E-state index in [1.165, 1.54) is 18.9 Å². The number of hydrogen-bond acceptors (Lipinski definition) is 2. The highest BCUT2D eigenvalue weighted by Crippen LogP contribution is 2.20. The number of halogens is 1. The Hall–Kier alpha value is -0.540. The van der Waals surface area contributed by atoms with Crippen molar-refractivity contribution in [1.82, 2.24) is 4.90 Å². The Balaban J connectivity index is 2.02. The standard InChI is InChI=1S/C13H18FNS/c1-10-3-2-6-15(8-10)9-11-4-5-12(16)7-13(11)14/h4-5,7,10,16H,2-3,6,8-9H2,1H3/t10-/m0/s1. The van der Waals surface area contributed by atoms with Crippen molar-refractivity contribution >= 4 is 12.6 Å². The molecular weight excluding hydrogens is 221 g/mol. The molecule has 0 spiro atoms. The molecule has 88 valence electrons. The normalized spacial score (nSPS) is 22.3. The fourth-order valence-corrected chi connectivity index (χ4v) is 2.52. The summed E-state index contributed by atoms with van der Waals surface area (Å²) in [6, 6.07) is 5.19. The summed E-state index contributed by atoms with van der Waals surface area (Å²) in [6.07, 6.45) is 2.53. The van der Waals surface area contributed by atoms with Crippen molar-refractivity contribution in [2.45, 2.75) is 31.2 Å². The highest BCUT2D eigenvalue weighted by Gasteiger charge is 2.17. The van der Waals surface area contributed by atoms with Crippen molar-refractivity contribution in [3.8, 4) is 0 Å². The van der Waals surface area contributed by atoms with E-state index in [1.54, 1.807) is 0 Å². The lowest BCUT2D eigenvalue weighted by atomic mass is 10.00. The first-order valence-corrected chi connectivity index (χ1v) is 6.29. The van der Waals surface area contributed by atoms with Crippen LogP contribution < -0.4 is 0 Å². The predicted molar refractivity (Wildman–Crippen MR) is 67.3 cm³/mol. The zero-order valence-electron chi connectivity index (χ0n) is 9.62. The van der Waals surface area contributed by atoms with E-state index in [0.29, 0.717) is 4.90 Å². The molecule has 0 saturated carbocycles. The molecule has 1 atom stereocenters. The largest absolute Gasteiger partial charge is 0.299 e. The maximum atomic E-state index is 13.6. The summed E-state index contributed by atoms with van der Waals surface area (Å²) >= 11 is 4.13. The second kappa shape index (κ2) is 5.19. The van der Waals surface area contributed by atoms with E-state index in [1.807, 2.05) is 12.1 Å². The van der Waals surface area contributed by atoms with E-state index in [2.05, 4.69) is 24.5 Å².